The molecule has 1 aliphatic rings. The molecule has 13 heavy (non-hydrogen) atoms. The van der Waals surface area contributed by atoms with Crippen LogP contribution in [0.1, 0.15) is 39.5 Å². The zero-order valence-electron chi connectivity index (χ0n) is 8.68. The van der Waals surface area contributed by atoms with Crippen LogP contribution in [0.2, 0.25) is 0 Å². The van der Waals surface area contributed by atoms with Crippen molar-refractivity contribution in [2.24, 2.45) is 5.73 Å². The van der Waals surface area contributed by atoms with Crippen LogP contribution >= 0.6 is 0 Å². The van der Waals surface area contributed by atoms with Gasteiger partial charge in [-0.05, 0) is 26.2 Å². The number of hydrogen-bond donors (Lipinski definition) is 1. The van der Waals surface area contributed by atoms with Gasteiger partial charge >= 0.3 is 0 Å². The molecule has 1 atom stereocenters. The van der Waals surface area contributed by atoms with Gasteiger partial charge in [0.05, 0.1) is 5.54 Å². The fourth-order valence-electron chi connectivity index (χ4n) is 1.91. The fourth-order valence-corrected chi connectivity index (χ4v) is 1.91. The molecule has 0 aliphatic carbocycles. The monoisotopic (exact) mass is 184 g/mol. The highest BCUT2D eigenvalue weighted by Crippen LogP contribution is 2.16. The van der Waals surface area contributed by atoms with Crippen LogP contribution in [0.5, 0.6) is 0 Å². The largest absolute Gasteiger partial charge is 0.341 e. The van der Waals surface area contributed by atoms with Crippen LogP contribution in [-0.4, -0.2) is 29.4 Å². The Bertz CT molecular complexity index is 183. The number of nitrogens with two attached hydrogens (primary N) is 1. The minimum Gasteiger partial charge on any atom is -0.341 e. The van der Waals surface area contributed by atoms with Crippen LogP contribution in [0.3, 0.4) is 0 Å². The fraction of sp³-hybridized carbons (Fsp3) is 0.900. The van der Waals surface area contributed by atoms with Crippen molar-refractivity contribution in [2.45, 2.75) is 45.1 Å². The summed E-state index contributed by atoms with van der Waals surface area (Å²) in [6.45, 7) is 5.70. The van der Waals surface area contributed by atoms with E-state index in [9.17, 15) is 4.79 Å². The van der Waals surface area contributed by atoms with E-state index in [0.717, 1.165) is 38.8 Å². The molecular formula is C10H20N2O. The van der Waals surface area contributed by atoms with Gasteiger partial charge in [0, 0.05) is 13.1 Å². The van der Waals surface area contributed by atoms with E-state index in [4.69, 9.17) is 5.73 Å². The lowest BCUT2D eigenvalue weighted by atomic mass is 9.96. The Hall–Kier alpha value is -0.570. The smallest absolute Gasteiger partial charge is 0.242 e. The lowest BCUT2D eigenvalue weighted by Gasteiger charge is -2.28. The molecule has 1 heterocycles. The van der Waals surface area contributed by atoms with E-state index in [-0.39, 0.29) is 5.91 Å². The van der Waals surface area contributed by atoms with Gasteiger partial charge in [0.2, 0.25) is 5.91 Å². The first-order valence-corrected chi connectivity index (χ1v) is 5.16. The van der Waals surface area contributed by atoms with Crippen LogP contribution in [0.4, 0.5) is 0 Å². The van der Waals surface area contributed by atoms with E-state index in [0.29, 0.717) is 0 Å². The summed E-state index contributed by atoms with van der Waals surface area (Å²) in [5, 5.41) is 0. The number of carbonyl (C=O) groups is 1. The maximum absolute atomic E-state index is 11.9. The standard InChI is InChI=1S/C10H20N2O/c1-3-6-10(2,11)9(13)12-7-4-5-8-12/h3-8,11H2,1-2H3. The summed E-state index contributed by atoms with van der Waals surface area (Å²) >= 11 is 0. The minimum atomic E-state index is -0.640. The molecule has 0 aromatic rings. The summed E-state index contributed by atoms with van der Waals surface area (Å²) in [6.07, 6.45) is 4.01. The van der Waals surface area contributed by atoms with Crippen LogP contribution < -0.4 is 5.73 Å². The van der Waals surface area contributed by atoms with Gasteiger partial charge in [-0.2, -0.15) is 0 Å². The van der Waals surface area contributed by atoms with Crippen LogP contribution in [0, 0.1) is 0 Å². The molecule has 0 aromatic carbocycles. The van der Waals surface area contributed by atoms with Crippen molar-refractivity contribution in [2.75, 3.05) is 13.1 Å². The summed E-state index contributed by atoms with van der Waals surface area (Å²) in [5.74, 6) is 0.131. The second-order valence-corrected chi connectivity index (χ2v) is 4.17. The molecule has 2 N–H and O–H groups in total. The predicted molar refractivity (Wildman–Crippen MR) is 53.3 cm³/mol. The van der Waals surface area contributed by atoms with Gasteiger partial charge in [-0.1, -0.05) is 13.3 Å². The molecule has 3 heteroatoms. The van der Waals surface area contributed by atoms with Gasteiger partial charge in [-0.25, -0.2) is 0 Å². The lowest BCUT2D eigenvalue weighted by Crippen LogP contribution is -2.52. The highest BCUT2D eigenvalue weighted by atomic mass is 16.2. The van der Waals surface area contributed by atoms with Crippen molar-refractivity contribution in [1.82, 2.24) is 4.90 Å². The van der Waals surface area contributed by atoms with E-state index < -0.39 is 5.54 Å². The second-order valence-electron chi connectivity index (χ2n) is 4.17. The van der Waals surface area contributed by atoms with Crippen molar-refractivity contribution < 1.29 is 4.79 Å². The summed E-state index contributed by atoms with van der Waals surface area (Å²) in [5.41, 5.74) is 5.32. The number of carbonyl (C=O) groups excluding carboxylic acids is 1. The van der Waals surface area contributed by atoms with Gasteiger partial charge in [0.25, 0.3) is 0 Å². The average Bonchev–Trinajstić information content (AvgIpc) is 2.54. The molecule has 0 spiro atoms. The van der Waals surface area contributed by atoms with E-state index in [2.05, 4.69) is 6.92 Å². The van der Waals surface area contributed by atoms with Gasteiger partial charge in [-0.15, -0.1) is 0 Å². The molecule has 0 bridgehead atoms. The maximum Gasteiger partial charge on any atom is 0.242 e. The summed E-state index contributed by atoms with van der Waals surface area (Å²) in [4.78, 5) is 13.8. The third-order valence-electron chi connectivity index (χ3n) is 2.65. The lowest BCUT2D eigenvalue weighted by molar-refractivity contribution is -0.135. The zero-order chi connectivity index (χ0) is 9.90. The molecule has 1 rings (SSSR count). The first-order chi connectivity index (χ1) is 6.08. The van der Waals surface area contributed by atoms with Crippen LogP contribution in [-0.2, 0) is 4.79 Å². The zero-order valence-corrected chi connectivity index (χ0v) is 8.68. The third kappa shape index (κ3) is 2.44. The molecule has 1 aliphatic heterocycles. The van der Waals surface area contributed by atoms with Gasteiger partial charge in [0.1, 0.15) is 0 Å². The number of rotatable bonds is 3. The molecule has 1 amide bonds. The predicted octanol–water partition coefficient (Wildman–Crippen LogP) is 1.13. The molecular weight excluding hydrogens is 164 g/mol. The maximum atomic E-state index is 11.9. The van der Waals surface area contributed by atoms with E-state index in [1.165, 1.54) is 0 Å². The molecule has 1 saturated heterocycles. The van der Waals surface area contributed by atoms with Crippen molar-refractivity contribution >= 4 is 5.91 Å². The molecule has 0 saturated carbocycles. The normalized spacial score (nSPS) is 21.6. The molecule has 3 nitrogen and oxygen atoms in total. The first-order valence-electron chi connectivity index (χ1n) is 5.16. The molecule has 1 fully saturated rings. The minimum absolute atomic E-state index is 0.131. The van der Waals surface area contributed by atoms with E-state index in [1.807, 2.05) is 11.8 Å². The Morgan fingerprint density at radius 3 is 2.46 bits per heavy atom. The Morgan fingerprint density at radius 2 is 2.00 bits per heavy atom. The summed E-state index contributed by atoms with van der Waals surface area (Å²) in [6, 6.07) is 0. The Balaban J connectivity index is 2.53. The first kappa shape index (κ1) is 10.5. The number of likely N-dealkylation sites (tertiary alicyclic amines) is 1. The topological polar surface area (TPSA) is 46.3 Å². The summed E-state index contributed by atoms with van der Waals surface area (Å²) < 4.78 is 0. The molecule has 1 unspecified atom stereocenters. The molecule has 76 valence electrons. The van der Waals surface area contributed by atoms with Gasteiger partial charge in [-0.3, -0.25) is 4.79 Å². The quantitative estimate of drug-likeness (QED) is 0.714. The second kappa shape index (κ2) is 4.09. The van der Waals surface area contributed by atoms with E-state index in [1.54, 1.807) is 0 Å². The number of nitrogens with zero attached hydrogens (tertiary/aromatic N) is 1. The third-order valence-corrected chi connectivity index (χ3v) is 2.65. The van der Waals surface area contributed by atoms with Gasteiger partial charge < -0.3 is 10.6 Å². The SMILES string of the molecule is CCCC(C)(N)C(=O)N1CCCC1. The van der Waals surface area contributed by atoms with Gasteiger partial charge in [0.15, 0.2) is 0 Å². The Labute approximate surface area is 80.3 Å². The summed E-state index contributed by atoms with van der Waals surface area (Å²) in [7, 11) is 0. The average molecular weight is 184 g/mol. The highest BCUT2D eigenvalue weighted by molar-refractivity contribution is 5.85. The Morgan fingerprint density at radius 1 is 1.46 bits per heavy atom. The van der Waals surface area contributed by atoms with Crippen molar-refractivity contribution in [3.8, 4) is 0 Å². The number of amides is 1. The Kier molecular flexibility index (Phi) is 3.31. The van der Waals surface area contributed by atoms with Crippen molar-refractivity contribution in [3.63, 3.8) is 0 Å². The van der Waals surface area contributed by atoms with Crippen molar-refractivity contribution in [1.29, 1.82) is 0 Å². The van der Waals surface area contributed by atoms with Crippen LogP contribution in [0.25, 0.3) is 0 Å². The van der Waals surface area contributed by atoms with E-state index >= 15 is 0 Å². The highest BCUT2D eigenvalue weighted by Gasteiger charge is 2.32. The van der Waals surface area contributed by atoms with Crippen LogP contribution in [0.15, 0.2) is 0 Å². The molecule has 0 aromatic heterocycles. The molecule has 0 radical (unpaired) electrons. The van der Waals surface area contributed by atoms with Crippen molar-refractivity contribution in [3.05, 3.63) is 0 Å². The number of hydrogen-bond acceptors (Lipinski definition) is 2.